The lowest BCUT2D eigenvalue weighted by Gasteiger charge is -2.37. The van der Waals surface area contributed by atoms with Crippen LogP contribution in [0.25, 0.3) is 11.1 Å². The Morgan fingerprint density at radius 3 is 2.50 bits per heavy atom. The molecular weight excluding hydrogens is 509 g/mol. The number of hydrogen-bond acceptors (Lipinski definition) is 5. The summed E-state index contributed by atoms with van der Waals surface area (Å²) in [5.74, 6) is -0.733. The maximum atomic E-state index is 14.1. The summed E-state index contributed by atoms with van der Waals surface area (Å²) in [4.78, 5) is 14.2. The molecule has 0 aliphatic carbocycles. The van der Waals surface area contributed by atoms with Crippen molar-refractivity contribution in [1.29, 1.82) is 0 Å². The van der Waals surface area contributed by atoms with Crippen LogP contribution in [0, 0.1) is 11.7 Å². The first-order valence-electron chi connectivity index (χ1n) is 12.4. The molecule has 2 amide bonds. The van der Waals surface area contributed by atoms with Crippen molar-refractivity contribution in [1.82, 2.24) is 9.21 Å². The van der Waals surface area contributed by atoms with Gasteiger partial charge in [0.25, 0.3) is 0 Å². The van der Waals surface area contributed by atoms with E-state index in [4.69, 9.17) is 4.74 Å². The van der Waals surface area contributed by atoms with Gasteiger partial charge in [-0.05, 0) is 42.3 Å². The van der Waals surface area contributed by atoms with Gasteiger partial charge in [-0.15, -0.1) is 0 Å². The molecule has 0 radical (unpaired) electrons. The van der Waals surface area contributed by atoms with Gasteiger partial charge < -0.3 is 20.1 Å². The molecule has 202 valence electrons. The molecule has 1 aliphatic rings. The molecule has 38 heavy (non-hydrogen) atoms. The highest BCUT2D eigenvalue weighted by molar-refractivity contribution is 7.89. The molecule has 0 unspecified atom stereocenters. The van der Waals surface area contributed by atoms with E-state index in [1.54, 1.807) is 32.2 Å². The average molecular weight is 542 g/mol. The number of benzene rings is 3. The van der Waals surface area contributed by atoms with E-state index in [2.05, 4.69) is 5.32 Å². The van der Waals surface area contributed by atoms with Crippen LogP contribution in [-0.4, -0.2) is 67.7 Å². The van der Waals surface area contributed by atoms with Crippen molar-refractivity contribution in [2.45, 2.75) is 30.9 Å². The molecule has 3 aromatic carbocycles. The maximum Gasteiger partial charge on any atom is 0.321 e. The fourth-order valence-electron chi connectivity index (χ4n) is 4.38. The number of hydrogen-bond donors (Lipinski definition) is 2. The second-order valence-electron chi connectivity index (χ2n) is 9.56. The van der Waals surface area contributed by atoms with Crippen molar-refractivity contribution in [3.8, 4) is 16.9 Å². The van der Waals surface area contributed by atoms with E-state index in [0.29, 0.717) is 0 Å². The topological polar surface area (TPSA) is 99.2 Å². The number of likely N-dealkylation sites (N-methyl/N-ethyl adjacent to an activating group) is 1. The number of urea groups is 1. The minimum Gasteiger partial charge on any atom is -0.487 e. The van der Waals surface area contributed by atoms with Crippen molar-refractivity contribution in [2.75, 3.05) is 32.1 Å². The first-order chi connectivity index (χ1) is 18.1. The van der Waals surface area contributed by atoms with E-state index in [0.717, 1.165) is 11.1 Å². The average Bonchev–Trinajstić information content (AvgIpc) is 2.91. The zero-order valence-electron chi connectivity index (χ0n) is 21.5. The number of sulfonamides is 1. The molecule has 0 fully saturated rings. The van der Waals surface area contributed by atoms with E-state index in [9.17, 15) is 22.7 Å². The van der Waals surface area contributed by atoms with Crippen LogP contribution >= 0.6 is 0 Å². The highest BCUT2D eigenvalue weighted by Gasteiger charge is 2.38. The van der Waals surface area contributed by atoms with Gasteiger partial charge in [0.1, 0.15) is 22.6 Å². The Labute approximate surface area is 222 Å². The summed E-state index contributed by atoms with van der Waals surface area (Å²) >= 11 is 0. The van der Waals surface area contributed by atoms with Crippen LogP contribution in [0.3, 0.4) is 0 Å². The maximum absolute atomic E-state index is 14.1. The van der Waals surface area contributed by atoms with E-state index < -0.39 is 34.0 Å². The predicted molar refractivity (Wildman–Crippen MR) is 144 cm³/mol. The number of carbonyl (C=O) groups excluding carboxylic acids is 1. The number of aliphatic hydroxyl groups is 1. The number of nitrogens with zero attached hydrogens (tertiary/aromatic N) is 2. The number of amides is 2. The Morgan fingerprint density at radius 2 is 1.82 bits per heavy atom. The molecule has 0 saturated heterocycles. The van der Waals surface area contributed by atoms with E-state index in [1.807, 2.05) is 37.3 Å². The molecule has 0 aromatic heterocycles. The van der Waals surface area contributed by atoms with Crippen LogP contribution < -0.4 is 10.1 Å². The molecule has 8 nitrogen and oxygen atoms in total. The minimum atomic E-state index is -3.99. The normalized spacial score (nSPS) is 19.8. The monoisotopic (exact) mass is 541 g/mol. The van der Waals surface area contributed by atoms with Gasteiger partial charge in [0.05, 0.1) is 18.8 Å². The number of rotatable bonds is 6. The van der Waals surface area contributed by atoms with Crippen molar-refractivity contribution >= 4 is 21.7 Å². The molecular formula is C28H32FN3O5S. The Balaban J connectivity index is 1.69. The second-order valence-corrected chi connectivity index (χ2v) is 11.4. The lowest BCUT2D eigenvalue weighted by atomic mass is 10.0. The van der Waals surface area contributed by atoms with Crippen LogP contribution in [0.1, 0.15) is 13.8 Å². The first kappa shape index (κ1) is 27.6. The molecule has 0 spiro atoms. The Hall–Kier alpha value is -3.47. The molecule has 0 bridgehead atoms. The van der Waals surface area contributed by atoms with Gasteiger partial charge in [-0.25, -0.2) is 17.6 Å². The zero-order valence-corrected chi connectivity index (χ0v) is 22.4. The summed E-state index contributed by atoms with van der Waals surface area (Å²) in [6.45, 7) is 3.33. The number of anilines is 1. The fraction of sp³-hybridized carbons (Fsp3) is 0.321. The second kappa shape index (κ2) is 11.5. The molecule has 0 saturated carbocycles. The van der Waals surface area contributed by atoms with Gasteiger partial charge in [-0.2, -0.15) is 4.31 Å². The van der Waals surface area contributed by atoms with Crippen molar-refractivity contribution < 1.29 is 27.4 Å². The lowest BCUT2D eigenvalue weighted by molar-refractivity contribution is 0.0830. The van der Waals surface area contributed by atoms with Gasteiger partial charge >= 0.3 is 6.03 Å². The third kappa shape index (κ3) is 5.82. The van der Waals surface area contributed by atoms with Crippen molar-refractivity contribution in [2.24, 2.45) is 5.92 Å². The predicted octanol–water partition coefficient (Wildman–Crippen LogP) is 4.43. The van der Waals surface area contributed by atoms with Crippen molar-refractivity contribution in [3.05, 3.63) is 78.6 Å². The summed E-state index contributed by atoms with van der Waals surface area (Å²) in [5, 5.41) is 12.4. The molecule has 1 aliphatic heterocycles. The summed E-state index contributed by atoms with van der Waals surface area (Å²) < 4.78 is 49.0. The fourth-order valence-corrected chi connectivity index (χ4v) is 6.21. The highest BCUT2D eigenvalue weighted by atomic mass is 32.2. The SMILES string of the molecule is C[C@@H]1CN([C@@H](C)CO)S(=O)(=O)c2ccc(-c3ccccc3)cc2O[C@@H]1CN(C)C(=O)Nc1ccccc1F. The van der Waals surface area contributed by atoms with Gasteiger partial charge in [0.2, 0.25) is 10.0 Å². The summed E-state index contributed by atoms with van der Waals surface area (Å²) in [7, 11) is -2.42. The third-order valence-corrected chi connectivity index (χ3v) is 8.71. The Kier molecular flexibility index (Phi) is 8.35. The summed E-state index contributed by atoms with van der Waals surface area (Å²) in [5.41, 5.74) is 1.73. The van der Waals surface area contributed by atoms with Crippen LogP contribution in [0.2, 0.25) is 0 Å². The number of carbonyl (C=O) groups is 1. The van der Waals surface area contributed by atoms with Gasteiger partial charge in [0, 0.05) is 25.6 Å². The zero-order chi connectivity index (χ0) is 27.4. The molecule has 10 heteroatoms. The van der Waals surface area contributed by atoms with E-state index in [1.165, 1.54) is 33.5 Å². The largest absolute Gasteiger partial charge is 0.487 e. The Bertz CT molecular complexity index is 1390. The standard InChI is InChI=1S/C28H32FN3O5S/c1-19-16-32(20(2)18-33)38(35,36)27-14-13-22(21-9-5-4-6-10-21)15-25(27)37-26(19)17-31(3)28(34)30-24-12-8-7-11-23(24)29/h4-15,19-20,26,33H,16-18H2,1-3H3,(H,30,34)/t19-,20+,26-/m1/s1. The summed E-state index contributed by atoms with van der Waals surface area (Å²) in [6.07, 6.45) is -0.597. The van der Waals surface area contributed by atoms with Crippen LogP contribution in [0.15, 0.2) is 77.7 Å². The molecule has 1 heterocycles. The number of nitrogens with one attached hydrogen (secondary N) is 1. The van der Waals surface area contributed by atoms with Crippen LogP contribution in [0.5, 0.6) is 5.75 Å². The van der Waals surface area contributed by atoms with Gasteiger partial charge in [-0.1, -0.05) is 55.5 Å². The number of ether oxygens (including phenoxy) is 1. The van der Waals surface area contributed by atoms with E-state index >= 15 is 0 Å². The number of para-hydroxylation sites is 1. The van der Waals surface area contributed by atoms with Gasteiger partial charge in [0.15, 0.2) is 0 Å². The van der Waals surface area contributed by atoms with E-state index in [-0.39, 0.29) is 41.9 Å². The van der Waals surface area contributed by atoms with Crippen molar-refractivity contribution in [3.63, 3.8) is 0 Å². The third-order valence-electron chi connectivity index (χ3n) is 6.69. The Morgan fingerprint density at radius 1 is 1.13 bits per heavy atom. The van der Waals surface area contributed by atoms with Crippen LogP contribution in [0.4, 0.5) is 14.9 Å². The number of fused-ring (bicyclic) bond motifs is 1. The number of halogens is 1. The molecule has 2 N–H and O–H groups in total. The molecule has 3 aromatic rings. The highest BCUT2D eigenvalue weighted by Crippen LogP contribution is 2.36. The minimum absolute atomic E-state index is 0.00663. The quantitative estimate of drug-likeness (QED) is 0.481. The first-order valence-corrected chi connectivity index (χ1v) is 13.8. The molecule has 4 rings (SSSR count). The smallest absolute Gasteiger partial charge is 0.321 e. The van der Waals surface area contributed by atoms with Crippen LogP contribution in [-0.2, 0) is 10.0 Å². The lowest BCUT2D eigenvalue weighted by Crippen LogP contribution is -2.50. The summed E-state index contributed by atoms with van der Waals surface area (Å²) in [6, 6.07) is 19.1. The van der Waals surface area contributed by atoms with Gasteiger partial charge in [-0.3, -0.25) is 0 Å². The molecule has 3 atom stereocenters. The number of aliphatic hydroxyl groups excluding tert-OH is 1.